The number of hydrogen-bond donors (Lipinski definition) is 1. The number of carbonyl (C=O) groups excluding carboxylic acids is 1. The minimum atomic E-state index is -0.346. The van der Waals surface area contributed by atoms with Crippen LogP contribution in [0.15, 0.2) is 30.7 Å². The Morgan fingerprint density at radius 1 is 1.45 bits per heavy atom. The molecule has 0 radical (unpaired) electrons. The summed E-state index contributed by atoms with van der Waals surface area (Å²) in [6.07, 6.45) is 4.23. The van der Waals surface area contributed by atoms with E-state index < -0.39 is 0 Å². The lowest BCUT2D eigenvalue weighted by Gasteiger charge is -2.18. The molecule has 2 aromatic rings. The Kier molecular flexibility index (Phi) is 3.52. The van der Waals surface area contributed by atoms with E-state index in [-0.39, 0.29) is 5.97 Å². The van der Waals surface area contributed by atoms with Gasteiger partial charge in [-0.2, -0.15) is 0 Å². The summed E-state index contributed by atoms with van der Waals surface area (Å²) in [5, 5.41) is 3.35. The third-order valence-electron chi connectivity index (χ3n) is 3.48. The number of fused-ring (bicyclic) bond motifs is 1. The summed E-state index contributed by atoms with van der Waals surface area (Å²) in [6.45, 7) is 4.04. The topological polar surface area (TPSA) is 56.1 Å². The van der Waals surface area contributed by atoms with Crippen LogP contribution in [0.2, 0.25) is 0 Å². The Bertz CT molecular complexity index is 634. The van der Waals surface area contributed by atoms with Gasteiger partial charge in [0.1, 0.15) is 0 Å². The van der Waals surface area contributed by atoms with Crippen LogP contribution in [-0.2, 0) is 17.7 Å². The van der Waals surface area contributed by atoms with E-state index in [1.54, 1.807) is 17.8 Å². The summed E-state index contributed by atoms with van der Waals surface area (Å²) in [5.41, 5.74) is 4.03. The molecule has 104 valence electrons. The number of carbonyl (C=O) groups is 1. The second-order valence-corrected chi connectivity index (χ2v) is 4.75. The van der Waals surface area contributed by atoms with Gasteiger partial charge >= 0.3 is 5.97 Å². The second kappa shape index (κ2) is 5.46. The van der Waals surface area contributed by atoms with Crippen LogP contribution in [-0.4, -0.2) is 28.7 Å². The smallest absolute Gasteiger partial charge is 0.356 e. The number of esters is 1. The summed E-state index contributed by atoms with van der Waals surface area (Å²) in [7, 11) is 0. The summed E-state index contributed by atoms with van der Waals surface area (Å²) in [4.78, 5) is 16.0. The number of hydrogen-bond acceptors (Lipinski definition) is 4. The van der Waals surface area contributed by atoms with E-state index in [0.29, 0.717) is 12.3 Å². The molecule has 0 unspecified atom stereocenters. The maximum Gasteiger partial charge on any atom is 0.356 e. The van der Waals surface area contributed by atoms with Crippen molar-refractivity contribution < 1.29 is 9.53 Å². The summed E-state index contributed by atoms with van der Waals surface area (Å²) in [5.74, 6) is -0.346. The first-order valence-electron chi connectivity index (χ1n) is 6.82. The lowest BCUT2D eigenvalue weighted by Crippen LogP contribution is -2.23. The first-order chi connectivity index (χ1) is 9.79. The summed E-state index contributed by atoms with van der Waals surface area (Å²) >= 11 is 0. The van der Waals surface area contributed by atoms with E-state index in [0.717, 1.165) is 25.2 Å². The molecule has 20 heavy (non-hydrogen) atoms. The van der Waals surface area contributed by atoms with Crippen molar-refractivity contribution >= 4 is 5.97 Å². The molecule has 0 amide bonds. The molecule has 1 aliphatic heterocycles. The predicted molar refractivity (Wildman–Crippen MR) is 74.9 cm³/mol. The van der Waals surface area contributed by atoms with Gasteiger partial charge in [-0.25, -0.2) is 9.78 Å². The van der Waals surface area contributed by atoms with Crippen LogP contribution in [0.5, 0.6) is 0 Å². The zero-order chi connectivity index (χ0) is 13.9. The summed E-state index contributed by atoms with van der Waals surface area (Å²) in [6, 6.07) is 6.25. The quantitative estimate of drug-likeness (QED) is 0.863. The molecule has 0 aliphatic carbocycles. The van der Waals surface area contributed by atoms with Crippen molar-refractivity contribution in [2.45, 2.75) is 19.9 Å². The number of aromatic nitrogens is 2. The fraction of sp³-hybridized carbons (Fsp3) is 0.333. The maximum atomic E-state index is 11.9. The van der Waals surface area contributed by atoms with Crippen molar-refractivity contribution in [3.8, 4) is 5.69 Å². The van der Waals surface area contributed by atoms with Crippen molar-refractivity contribution in [2.75, 3.05) is 13.2 Å². The van der Waals surface area contributed by atoms with Gasteiger partial charge in [0.25, 0.3) is 0 Å². The van der Waals surface area contributed by atoms with Crippen molar-refractivity contribution in [3.05, 3.63) is 47.5 Å². The van der Waals surface area contributed by atoms with E-state index in [4.69, 9.17) is 4.74 Å². The fourth-order valence-corrected chi connectivity index (χ4v) is 2.47. The molecule has 0 fully saturated rings. The average molecular weight is 271 g/mol. The Hall–Kier alpha value is -2.14. The molecule has 3 rings (SSSR count). The lowest BCUT2D eigenvalue weighted by atomic mass is 10.0. The van der Waals surface area contributed by atoms with Gasteiger partial charge in [0, 0.05) is 12.2 Å². The normalized spacial score (nSPS) is 13.8. The van der Waals surface area contributed by atoms with E-state index in [1.807, 2.05) is 6.07 Å². The maximum absolute atomic E-state index is 11.9. The molecule has 1 N–H and O–H groups in total. The SMILES string of the molecule is CCOC(=O)c1cncn1-c1ccc2c(c1)CNCC2. The highest BCUT2D eigenvalue weighted by Gasteiger charge is 2.15. The van der Waals surface area contributed by atoms with Crippen LogP contribution in [0.3, 0.4) is 0 Å². The molecular formula is C15H17N3O2. The first-order valence-corrected chi connectivity index (χ1v) is 6.82. The molecule has 0 saturated heterocycles. The minimum Gasteiger partial charge on any atom is -0.461 e. The van der Waals surface area contributed by atoms with E-state index in [1.165, 1.54) is 17.3 Å². The van der Waals surface area contributed by atoms with Crippen LogP contribution in [0, 0.1) is 0 Å². The van der Waals surface area contributed by atoms with Crippen molar-refractivity contribution in [3.63, 3.8) is 0 Å². The molecule has 0 spiro atoms. The van der Waals surface area contributed by atoms with E-state index >= 15 is 0 Å². The number of nitrogens with zero attached hydrogens (tertiary/aromatic N) is 2. The summed E-state index contributed by atoms with van der Waals surface area (Å²) < 4.78 is 6.82. The third-order valence-corrected chi connectivity index (χ3v) is 3.48. The van der Waals surface area contributed by atoms with Crippen LogP contribution in [0.4, 0.5) is 0 Å². The Labute approximate surface area is 117 Å². The zero-order valence-electron chi connectivity index (χ0n) is 11.4. The van der Waals surface area contributed by atoms with Gasteiger partial charge in [0.2, 0.25) is 0 Å². The number of nitrogens with one attached hydrogen (secondary N) is 1. The number of benzene rings is 1. The molecule has 2 heterocycles. The standard InChI is InChI=1S/C15H17N3O2/c1-2-20-15(19)14-9-17-10-18(14)13-4-3-11-5-6-16-8-12(11)7-13/h3-4,7,9-10,16H,2,5-6,8H2,1H3. The van der Waals surface area contributed by atoms with Crippen LogP contribution >= 0.6 is 0 Å². The van der Waals surface area contributed by atoms with E-state index in [9.17, 15) is 4.79 Å². The molecule has 5 heteroatoms. The first kappa shape index (κ1) is 12.9. The van der Waals surface area contributed by atoms with Gasteiger partial charge in [-0.3, -0.25) is 4.57 Å². The highest BCUT2D eigenvalue weighted by atomic mass is 16.5. The van der Waals surface area contributed by atoms with Crippen LogP contribution in [0.1, 0.15) is 28.5 Å². The molecule has 0 atom stereocenters. The highest BCUT2D eigenvalue weighted by molar-refractivity contribution is 5.88. The fourth-order valence-electron chi connectivity index (χ4n) is 2.47. The van der Waals surface area contributed by atoms with Gasteiger partial charge in [-0.15, -0.1) is 0 Å². The minimum absolute atomic E-state index is 0.346. The number of imidazole rings is 1. The van der Waals surface area contributed by atoms with Gasteiger partial charge in [-0.05, 0) is 43.1 Å². The third kappa shape index (κ3) is 2.32. The predicted octanol–water partition coefficient (Wildman–Crippen LogP) is 1.69. The Morgan fingerprint density at radius 3 is 3.20 bits per heavy atom. The van der Waals surface area contributed by atoms with Gasteiger partial charge in [0.15, 0.2) is 5.69 Å². The molecule has 5 nitrogen and oxygen atoms in total. The van der Waals surface area contributed by atoms with E-state index in [2.05, 4.69) is 22.4 Å². The van der Waals surface area contributed by atoms with Gasteiger partial charge in [-0.1, -0.05) is 6.07 Å². The molecule has 1 aromatic carbocycles. The molecule has 0 saturated carbocycles. The zero-order valence-corrected chi connectivity index (χ0v) is 11.4. The molecule has 1 aromatic heterocycles. The van der Waals surface area contributed by atoms with Crippen molar-refractivity contribution in [2.24, 2.45) is 0 Å². The Morgan fingerprint density at radius 2 is 2.35 bits per heavy atom. The van der Waals surface area contributed by atoms with Crippen LogP contribution in [0.25, 0.3) is 5.69 Å². The van der Waals surface area contributed by atoms with Crippen LogP contribution < -0.4 is 5.32 Å². The second-order valence-electron chi connectivity index (χ2n) is 4.75. The molecular weight excluding hydrogens is 254 g/mol. The van der Waals surface area contributed by atoms with Crippen molar-refractivity contribution in [1.29, 1.82) is 0 Å². The number of ether oxygens (including phenoxy) is 1. The molecule has 1 aliphatic rings. The van der Waals surface area contributed by atoms with Gasteiger partial charge in [0.05, 0.1) is 19.1 Å². The lowest BCUT2D eigenvalue weighted by molar-refractivity contribution is 0.0517. The van der Waals surface area contributed by atoms with Crippen molar-refractivity contribution in [1.82, 2.24) is 14.9 Å². The van der Waals surface area contributed by atoms with Gasteiger partial charge < -0.3 is 10.1 Å². The average Bonchev–Trinajstić information content (AvgIpc) is 2.96. The molecule has 0 bridgehead atoms. The monoisotopic (exact) mass is 271 g/mol. The Balaban J connectivity index is 1.97. The number of rotatable bonds is 3. The highest BCUT2D eigenvalue weighted by Crippen LogP contribution is 2.20. The largest absolute Gasteiger partial charge is 0.461 e.